The molecule has 0 aromatic rings. The van der Waals surface area contributed by atoms with E-state index < -0.39 is 33.6 Å². The molecule has 0 spiro atoms. The van der Waals surface area contributed by atoms with E-state index >= 15 is 0 Å². The third kappa shape index (κ3) is 3.05. The lowest BCUT2D eigenvalue weighted by molar-refractivity contribution is -1.19. The number of nitrogens with zero attached hydrogens (tertiary/aromatic N) is 1. The fourth-order valence-corrected chi connectivity index (χ4v) is 1.96. The number of quaternary nitrogens is 1. The van der Waals surface area contributed by atoms with Crippen LogP contribution >= 0.6 is 0 Å². The van der Waals surface area contributed by atoms with Gasteiger partial charge in [0.15, 0.2) is 13.1 Å². The van der Waals surface area contributed by atoms with Gasteiger partial charge in [-0.15, -0.1) is 0 Å². The topological polar surface area (TPSA) is 43.4 Å². The van der Waals surface area contributed by atoms with E-state index in [1.807, 2.05) is 6.92 Å². The lowest BCUT2D eigenvalue weighted by Crippen LogP contribution is -2.49. The summed E-state index contributed by atoms with van der Waals surface area (Å²) in [6.07, 6.45) is 0.563. The molecule has 0 aromatic heterocycles. The number of hydroxylamine groups is 2. The normalized spacial score (nSPS) is 32.7. The fraction of sp³-hybridized carbons (Fsp3) is 1.00. The van der Waals surface area contributed by atoms with Crippen LogP contribution < -0.4 is 0 Å². The van der Waals surface area contributed by atoms with Crippen molar-refractivity contribution in [3.63, 3.8) is 0 Å². The highest BCUT2D eigenvalue weighted by Crippen LogP contribution is 2.32. The van der Waals surface area contributed by atoms with Gasteiger partial charge in [0.05, 0.1) is 0 Å². The van der Waals surface area contributed by atoms with Gasteiger partial charge in [0.2, 0.25) is 0 Å². The van der Waals surface area contributed by atoms with Crippen molar-refractivity contribution >= 4 is 10.1 Å². The Labute approximate surface area is 90.4 Å². The summed E-state index contributed by atoms with van der Waals surface area (Å²) in [6.45, 7) is 1.02. The number of rotatable bonds is 2. The quantitative estimate of drug-likeness (QED) is 0.435. The van der Waals surface area contributed by atoms with Crippen LogP contribution in [0.5, 0.6) is 0 Å². The minimum absolute atomic E-state index is 0.152. The van der Waals surface area contributed by atoms with E-state index in [0.29, 0.717) is 0 Å². The first-order valence-corrected chi connectivity index (χ1v) is 6.06. The molecule has 1 fully saturated rings. The minimum Gasteiger partial charge on any atom is -0.184 e. The Morgan fingerprint density at radius 1 is 1.25 bits per heavy atom. The molecule has 0 bridgehead atoms. The van der Waals surface area contributed by atoms with Gasteiger partial charge >= 0.3 is 15.6 Å². The summed E-state index contributed by atoms with van der Waals surface area (Å²) < 4.78 is 74.2. The molecule has 0 radical (unpaired) electrons. The van der Waals surface area contributed by atoms with Crippen molar-refractivity contribution in [2.75, 3.05) is 13.1 Å². The van der Waals surface area contributed by atoms with Gasteiger partial charge in [0.25, 0.3) is 0 Å². The van der Waals surface area contributed by atoms with Crippen LogP contribution in [-0.4, -0.2) is 31.9 Å². The second-order valence-corrected chi connectivity index (χ2v) is 5.41. The average Bonchev–Trinajstić information content (AvgIpc) is 2.08. The van der Waals surface area contributed by atoms with Crippen LogP contribution in [0.15, 0.2) is 0 Å². The third-order valence-corrected chi connectivity index (χ3v) is 3.46. The van der Waals surface area contributed by atoms with Crippen molar-refractivity contribution < 1.29 is 35.2 Å². The van der Waals surface area contributed by atoms with E-state index in [0.717, 1.165) is 0 Å². The van der Waals surface area contributed by atoms with Gasteiger partial charge in [-0.25, -0.2) is 0 Å². The summed E-state index contributed by atoms with van der Waals surface area (Å²) in [7, 11) is -5.88. The van der Waals surface area contributed by atoms with Crippen LogP contribution in [0, 0.1) is 5.92 Å². The Morgan fingerprint density at radius 2 is 1.69 bits per heavy atom. The molecule has 0 saturated carbocycles. The van der Waals surface area contributed by atoms with Gasteiger partial charge in [-0.05, 0) is 10.2 Å². The van der Waals surface area contributed by atoms with E-state index in [4.69, 9.17) is 0 Å². The molecule has 1 saturated heterocycles. The molecule has 1 aliphatic heterocycles. The van der Waals surface area contributed by atoms with E-state index in [1.54, 1.807) is 0 Å². The van der Waals surface area contributed by atoms with Crippen LogP contribution in [-0.2, 0) is 14.4 Å². The Morgan fingerprint density at radius 3 is 2.06 bits per heavy atom. The van der Waals surface area contributed by atoms with Crippen molar-refractivity contribution in [3.8, 4) is 0 Å². The van der Waals surface area contributed by atoms with Gasteiger partial charge in [-0.2, -0.15) is 21.6 Å². The fourth-order valence-electron chi connectivity index (χ4n) is 1.38. The zero-order valence-electron chi connectivity index (χ0n) is 8.50. The number of hydrogen-bond acceptors (Lipinski definition) is 3. The van der Waals surface area contributed by atoms with Crippen LogP contribution in [0.4, 0.5) is 17.7 Å². The summed E-state index contributed by atoms with van der Waals surface area (Å²) in [6, 6.07) is 0. The maximum absolute atomic E-state index is 13.6. The van der Waals surface area contributed by atoms with Crippen molar-refractivity contribution in [1.82, 2.24) is 0 Å². The first kappa shape index (κ1) is 13.7. The number of piperidine rings is 1. The molecule has 4 nitrogen and oxygen atoms in total. The van der Waals surface area contributed by atoms with Crippen molar-refractivity contribution in [2.24, 2.45) is 5.92 Å². The largest absolute Gasteiger partial charge is 0.528 e. The second kappa shape index (κ2) is 4.11. The molecule has 0 unspecified atom stereocenters. The average molecular weight is 266 g/mol. The highest BCUT2D eigenvalue weighted by atomic mass is 32.2. The number of alkyl halides is 3. The Kier molecular flexibility index (Phi) is 3.51. The molecule has 1 aliphatic rings. The Hall–Kier alpha value is -0.410. The molecular formula is C7H12F4NO3S+. The Balaban J connectivity index is 2.74. The lowest BCUT2D eigenvalue weighted by Gasteiger charge is -2.28. The van der Waals surface area contributed by atoms with Crippen LogP contribution in [0.25, 0.3) is 0 Å². The zero-order chi connectivity index (χ0) is 12.6. The lowest BCUT2D eigenvalue weighted by atomic mass is 10.0. The van der Waals surface area contributed by atoms with E-state index in [1.165, 1.54) is 0 Å². The maximum atomic E-state index is 13.6. The van der Waals surface area contributed by atoms with E-state index in [9.17, 15) is 26.1 Å². The molecule has 96 valence electrons. The molecule has 0 atom stereocenters. The monoisotopic (exact) mass is 266 g/mol. The molecule has 1 rings (SSSR count). The smallest absolute Gasteiger partial charge is 0.184 e. The minimum atomic E-state index is -5.88. The standard InChI is InChI=1S/C7H12F4NO3S/c1-6-2-4-12(11,5-3-6)15-16(13,14)7(8,9)10/h6H,2-5H2,1H3/q+1. The molecule has 1 heterocycles. The molecule has 0 aromatic carbocycles. The number of halogens is 4. The van der Waals surface area contributed by atoms with Crippen molar-refractivity contribution in [3.05, 3.63) is 0 Å². The van der Waals surface area contributed by atoms with E-state index in [2.05, 4.69) is 4.28 Å². The SMILES string of the molecule is CC1CC[N+](F)(OS(=O)(=O)C(F)(F)F)CC1. The van der Waals surface area contributed by atoms with E-state index in [-0.39, 0.29) is 18.8 Å². The summed E-state index contributed by atoms with van der Waals surface area (Å²) in [4.78, 5) is -2.02. The van der Waals surface area contributed by atoms with Gasteiger partial charge in [-0.3, -0.25) is 0 Å². The molecule has 0 N–H and O–H groups in total. The van der Waals surface area contributed by atoms with Crippen LogP contribution in [0.2, 0.25) is 0 Å². The summed E-state index contributed by atoms with van der Waals surface area (Å²) in [5, 5.41) is 0. The number of hydrogen-bond donors (Lipinski definition) is 0. The Bertz CT molecular complexity index is 345. The highest BCUT2D eigenvalue weighted by Gasteiger charge is 2.55. The highest BCUT2D eigenvalue weighted by molar-refractivity contribution is 7.87. The third-order valence-electron chi connectivity index (χ3n) is 2.43. The van der Waals surface area contributed by atoms with Gasteiger partial charge in [-0.1, -0.05) is 6.92 Å². The van der Waals surface area contributed by atoms with Gasteiger partial charge in [0.1, 0.15) is 0 Å². The first-order valence-electron chi connectivity index (χ1n) is 4.65. The van der Waals surface area contributed by atoms with Gasteiger partial charge < -0.3 is 0 Å². The van der Waals surface area contributed by atoms with Crippen LogP contribution in [0.3, 0.4) is 0 Å². The summed E-state index contributed by atoms with van der Waals surface area (Å²) >= 11 is 0. The van der Waals surface area contributed by atoms with Gasteiger partial charge in [0, 0.05) is 22.2 Å². The predicted molar refractivity (Wildman–Crippen MR) is 45.6 cm³/mol. The molecule has 0 aliphatic carbocycles. The molecule has 9 heteroatoms. The predicted octanol–water partition coefficient (Wildman–Crippen LogP) is 1.90. The molecular weight excluding hydrogens is 254 g/mol. The first-order chi connectivity index (χ1) is 7.06. The summed E-state index contributed by atoms with van der Waals surface area (Å²) in [5.74, 6) is 0.152. The van der Waals surface area contributed by atoms with Crippen LogP contribution in [0.1, 0.15) is 19.8 Å². The van der Waals surface area contributed by atoms with Crippen molar-refractivity contribution in [1.29, 1.82) is 0 Å². The molecule has 16 heavy (non-hydrogen) atoms. The molecule has 0 amide bonds. The summed E-state index contributed by atoms with van der Waals surface area (Å²) in [5.41, 5.74) is -5.59. The van der Waals surface area contributed by atoms with Crippen molar-refractivity contribution in [2.45, 2.75) is 25.3 Å². The zero-order valence-corrected chi connectivity index (χ0v) is 9.31. The maximum Gasteiger partial charge on any atom is 0.528 e. The second-order valence-electron chi connectivity index (χ2n) is 3.89.